The van der Waals surface area contributed by atoms with Crippen LogP contribution in [-0.2, 0) is 4.74 Å². The average molecular weight is 231 g/mol. The second-order valence-electron chi connectivity index (χ2n) is 4.15. The van der Waals surface area contributed by atoms with E-state index >= 15 is 0 Å². The van der Waals surface area contributed by atoms with Crippen LogP contribution in [-0.4, -0.2) is 59.0 Å². The third-order valence-electron chi connectivity index (χ3n) is 2.84. The van der Waals surface area contributed by atoms with Crippen molar-refractivity contribution in [3.63, 3.8) is 0 Å². The zero-order valence-electron chi connectivity index (χ0n) is 9.83. The highest BCUT2D eigenvalue weighted by molar-refractivity contribution is 5.85. The molecule has 3 unspecified atom stereocenters. The third-order valence-corrected chi connectivity index (χ3v) is 2.84. The van der Waals surface area contributed by atoms with Crippen LogP contribution in [0.3, 0.4) is 0 Å². The minimum Gasteiger partial charge on any atom is -0.409 e. The van der Waals surface area contributed by atoms with Crippen LogP contribution in [0.25, 0.3) is 0 Å². The van der Waals surface area contributed by atoms with Crippen molar-refractivity contribution >= 4 is 5.84 Å². The van der Waals surface area contributed by atoms with E-state index in [1.165, 1.54) is 0 Å². The Hall–Kier alpha value is -0.850. The number of aliphatic hydroxyl groups is 1. The number of hydrogen-bond acceptors (Lipinski definition) is 5. The molecule has 1 saturated heterocycles. The zero-order chi connectivity index (χ0) is 12.1. The molecule has 0 amide bonds. The van der Waals surface area contributed by atoms with Gasteiger partial charge in [-0.25, -0.2) is 0 Å². The van der Waals surface area contributed by atoms with Crippen molar-refractivity contribution in [1.29, 1.82) is 0 Å². The maximum absolute atomic E-state index is 9.11. The Labute approximate surface area is 95.7 Å². The summed E-state index contributed by atoms with van der Waals surface area (Å²) in [6.07, 6.45) is 0.622. The lowest BCUT2D eigenvalue weighted by molar-refractivity contribution is -0.0999. The molecule has 1 rings (SSSR count). The highest BCUT2D eigenvalue weighted by Crippen LogP contribution is 2.15. The van der Waals surface area contributed by atoms with Crippen LogP contribution in [0.1, 0.15) is 20.3 Å². The Morgan fingerprint density at radius 1 is 1.62 bits per heavy atom. The van der Waals surface area contributed by atoms with Crippen molar-refractivity contribution < 1.29 is 15.1 Å². The van der Waals surface area contributed by atoms with E-state index in [9.17, 15) is 0 Å². The van der Waals surface area contributed by atoms with Crippen LogP contribution in [0, 0.1) is 0 Å². The van der Waals surface area contributed by atoms with Crippen molar-refractivity contribution in [2.45, 2.75) is 38.5 Å². The van der Waals surface area contributed by atoms with E-state index in [2.05, 4.69) is 10.1 Å². The van der Waals surface area contributed by atoms with Crippen LogP contribution in [0.2, 0.25) is 0 Å². The Morgan fingerprint density at radius 2 is 2.31 bits per heavy atom. The van der Waals surface area contributed by atoms with Gasteiger partial charge in [0.15, 0.2) is 5.84 Å². The van der Waals surface area contributed by atoms with Gasteiger partial charge in [-0.1, -0.05) is 12.1 Å². The SMILES string of the molecule is CCC(C(N)=NO)N1CC(C)OC(CO)C1. The van der Waals surface area contributed by atoms with E-state index in [1.807, 2.05) is 13.8 Å². The molecule has 16 heavy (non-hydrogen) atoms. The number of ether oxygens (including phenoxy) is 1. The molecular formula is C10H21N3O3. The number of amidine groups is 1. The van der Waals surface area contributed by atoms with E-state index in [-0.39, 0.29) is 30.7 Å². The number of oxime groups is 1. The number of morpholine rings is 1. The van der Waals surface area contributed by atoms with Crippen LogP contribution in [0.15, 0.2) is 5.16 Å². The molecule has 0 aromatic carbocycles. The first-order chi connectivity index (χ1) is 7.62. The largest absolute Gasteiger partial charge is 0.409 e. The Balaban J connectivity index is 2.69. The summed E-state index contributed by atoms with van der Waals surface area (Å²) >= 11 is 0. The lowest BCUT2D eigenvalue weighted by Gasteiger charge is -2.39. The van der Waals surface area contributed by atoms with Crippen molar-refractivity contribution in [2.75, 3.05) is 19.7 Å². The van der Waals surface area contributed by atoms with Gasteiger partial charge in [0, 0.05) is 13.1 Å². The molecule has 0 aromatic rings. The number of aliphatic hydroxyl groups excluding tert-OH is 1. The summed E-state index contributed by atoms with van der Waals surface area (Å²) < 4.78 is 5.54. The predicted octanol–water partition coefficient (Wildman–Crippen LogP) is -0.407. The van der Waals surface area contributed by atoms with Gasteiger partial charge < -0.3 is 20.8 Å². The summed E-state index contributed by atoms with van der Waals surface area (Å²) in [4.78, 5) is 2.09. The van der Waals surface area contributed by atoms with Gasteiger partial charge in [0.05, 0.1) is 24.9 Å². The Kier molecular flexibility index (Phi) is 4.98. The summed E-state index contributed by atoms with van der Waals surface area (Å²) in [7, 11) is 0. The van der Waals surface area contributed by atoms with Crippen LogP contribution >= 0.6 is 0 Å². The first-order valence-electron chi connectivity index (χ1n) is 5.60. The Bertz CT molecular complexity index is 247. The van der Waals surface area contributed by atoms with E-state index in [0.717, 1.165) is 13.0 Å². The van der Waals surface area contributed by atoms with Crippen molar-refractivity contribution in [2.24, 2.45) is 10.9 Å². The van der Waals surface area contributed by atoms with Gasteiger partial charge in [-0.15, -0.1) is 0 Å². The molecule has 0 radical (unpaired) electrons. The molecule has 3 atom stereocenters. The van der Waals surface area contributed by atoms with Crippen LogP contribution < -0.4 is 5.73 Å². The molecule has 6 heteroatoms. The quantitative estimate of drug-likeness (QED) is 0.265. The first-order valence-corrected chi connectivity index (χ1v) is 5.60. The predicted molar refractivity (Wildman–Crippen MR) is 60.5 cm³/mol. The minimum absolute atomic E-state index is 0.00650. The second-order valence-corrected chi connectivity index (χ2v) is 4.15. The maximum Gasteiger partial charge on any atom is 0.156 e. The molecule has 4 N–H and O–H groups in total. The molecule has 1 fully saturated rings. The zero-order valence-corrected chi connectivity index (χ0v) is 9.83. The summed E-state index contributed by atoms with van der Waals surface area (Å²) in [5.41, 5.74) is 5.65. The smallest absolute Gasteiger partial charge is 0.156 e. The fourth-order valence-electron chi connectivity index (χ4n) is 2.16. The molecule has 6 nitrogen and oxygen atoms in total. The molecule has 0 saturated carbocycles. The lowest BCUT2D eigenvalue weighted by atomic mass is 10.1. The van der Waals surface area contributed by atoms with Gasteiger partial charge >= 0.3 is 0 Å². The van der Waals surface area contributed by atoms with Crippen LogP contribution in [0.4, 0.5) is 0 Å². The van der Waals surface area contributed by atoms with Gasteiger partial charge in [-0.2, -0.15) is 0 Å². The third kappa shape index (κ3) is 3.07. The summed E-state index contributed by atoms with van der Waals surface area (Å²) in [6.45, 7) is 5.26. The van der Waals surface area contributed by atoms with E-state index < -0.39 is 0 Å². The van der Waals surface area contributed by atoms with Crippen molar-refractivity contribution in [3.05, 3.63) is 0 Å². The summed E-state index contributed by atoms with van der Waals surface area (Å²) in [5.74, 6) is 0.216. The fourth-order valence-corrected chi connectivity index (χ4v) is 2.16. The van der Waals surface area contributed by atoms with E-state index in [0.29, 0.717) is 6.54 Å². The fraction of sp³-hybridized carbons (Fsp3) is 0.900. The van der Waals surface area contributed by atoms with Gasteiger partial charge in [-0.05, 0) is 13.3 Å². The van der Waals surface area contributed by atoms with Gasteiger partial charge in [-0.3, -0.25) is 4.90 Å². The number of hydrogen-bond donors (Lipinski definition) is 3. The highest BCUT2D eigenvalue weighted by Gasteiger charge is 2.30. The van der Waals surface area contributed by atoms with Gasteiger partial charge in [0.25, 0.3) is 0 Å². The second kappa shape index (κ2) is 6.03. The maximum atomic E-state index is 9.11. The summed E-state index contributed by atoms with van der Waals surface area (Å²) in [5, 5.41) is 20.9. The van der Waals surface area contributed by atoms with Crippen molar-refractivity contribution in [1.82, 2.24) is 4.90 Å². The topological polar surface area (TPSA) is 91.3 Å². The molecule has 0 aliphatic carbocycles. The standard InChI is InChI=1S/C10H21N3O3/c1-3-9(10(11)12-15)13-4-7(2)16-8(5-13)6-14/h7-9,14-15H,3-6H2,1-2H3,(H2,11,12). The average Bonchev–Trinajstić information content (AvgIpc) is 2.29. The number of nitrogens with zero attached hydrogens (tertiary/aromatic N) is 2. The molecule has 0 aromatic heterocycles. The van der Waals surface area contributed by atoms with Crippen LogP contribution in [0.5, 0.6) is 0 Å². The molecule has 94 valence electrons. The molecule has 0 spiro atoms. The normalized spacial score (nSPS) is 30.3. The first kappa shape index (κ1) is 13.2. The monoisotopic (exact) mass is 231 g/mol. The highest BCUT2D eigenvalue weighted by atomic mass is 16.5. The molecule has 1 heterocycles. The molecule has 1 aliphatic heterocycles. The van der Waals surface area contributed by atoms with E-state index in [4.69, 9.17) is 20.8 Å². The Morgan fingerprint density at radius 3 is 2.81 bits per heavy atom. The number of rotatable bonds is 4. The van der Waals surface area contributed by atoms with Crippen molar-refractivity contribution in [3.8, 4) is 0 Å². The van der Waals surface area contributed by atoms with Gasteiger partial charge in [0.2, 0.25) is 0 Å². The molecule has 1 aliphatic rings. The number of nitrogens with two attached hydrogens (primary N) is 1. The molecular weight excluding hydrogens is 210 g/mol. The minimum atomic E-state index is -0.190. The van der Waals surface area contributed by atoms with E-state index in [1.54, 1.807) is 0 Å². The lowest BCUT2D eigenvalue weighted by Crippen LogP contribution is -2.55. The summed E-state index contributed by atoms with van der Waals surface area (Å²) in [6, 6.07) is -0.0922. The van der Waals surface area contributed by atoms with Gasteiger partial charge in [0.1, 0.15) is 0 Å². The molecule has 0 bridgehead atoms.